The van der Waals surface area contributed by atoms with Gasteiger partial charge in [0.2, 0.25) is 0 Å². The maximum absolute atomic E-state index is 5.99. The van der Waals surface area contributed by atoms with Crippen LogP contribution < -0.4 is 10.1 Å². The van der Waals surface area contributed by atoms with Gasteiger partial charge in [0.15, 0.2) is 16.7 Å². The number of halogens is 1. The van der Waals surface area contributed by atoms with Crippen LogP contribution in [0.15, 0.2) is 42.9 Å². The minimum atomic E-state index is 0.267. The molecule has 0 unspecified atom stereocenters. The Kier molecular flexibility index (Phi) is 3.35. The lowest BCUT2D eigenvalue weighted by Crippen LogP contribution is -2.00. The molecule has 2 heterocycles. The average Bonchev–Trinajstić information content (AvgIpc) is 2.48. The zero-order chi connectivity index (χ0) is 13.9. The summed E-state index contributed by atoms with van der Waals surface area (Å²) in [6, 6.07) is 9.69. The maximum Gasteiger partial charge on any atom is 0.199 e. The summed E-state index contributed by atoms with van der Waals surface area (Å²) in [5.41, 5.74) is 1.78. The third-order valence-corrected chi connectivity index (χ3v) is 3.13. The third-order valence-electron chi connectivity index (χ3n) is 2.86. The molecule has 0 bridgehead atoms. The Hall–Kier alpha value is -2.40. The van der Waals surface area contributed by atoms with Crippen LogP contribution in [0.2, 0.25) is 5.15 Å². The molecular weight excluding hydrogens is 276 g/mol. The highest BCUT2D eigenvalue weighted by Crippen LogP contribution is 2.32. The highest BCUT2D eigenvalue weighted by molar-refractivity contribution is 6.31. The van der Waals surface area contributed by atoms with Crippen LogP contribution >= 0.6 is 11.6 Å². The van der Waals surface area contributed by atoms with E-state index in [0.717, 1.165) is 16.6 Å². The second kappa shape index (κ2) is 5.30. The largest absolute Gasteiger partial charge is 0.490 e. The lowest BCUT2D eigenvalue weighted by atomic mass is 10.2. The number of ether oxygens (including phenoxy) is 1. The first-order valence-electron chi connectivity index (χ1n) is 5.95. The minimum Gasteiger partial charge on any atom is -0.490 e. The van der Waals surface area contributed by atoms with E-state index >= 15 is 0 Å². The van der Waals surface area contributed by atoms with E-state index in [1.807, 2.05) is 30.3 Å². The zero-order valence-corrected chi connectivity index (χ0v) is 11.4. The minimum absolute atomic E-state index is 0.267. The zero-order valence-electron chi connectivity index (χ0n) is 10.7. The molecule has 0 aliphatic carbocycles. The van der Waals surface area contributed by atoms with Gasteiger partial charge in [0.25, 0.3) is 0 Å². The highest BCUT2D eigenvalue weighted by Gasteiger charge is 2.11. The summed E-state index contributed by atoms with van der Waals surface area (Å²) in [6.45, 7) is 0. The van der Waals surface area contributed by atoms with Crippen LogP contribution in [0.5, 0.6) is 5.75 Å². The Morgan fingerprint density at radius 1 is 1.10 bits per heavy atom. The summed E-state index contributed by atoms with van der Waals surface area (Å²) in [5.74, 6) is 0.930. The number of pyridine rings is 1. The van der Waals surface area contributed by atoms with Crippen LogP contribution in [-0.4, -0.2) is 22.1 Å². The van der Waals surface area contributed by atoms with Crippen molar-refractivity contribution in [2.24, 2.45) is 0 Å². The van der Waals surface area contributed by atoms with Crippen molar-refractivity contribution in [1.29, 1.82) is 0 Å². The van der Waals surface area contributed by atoms with E-state index in [1.165, 1.54) is 13.4 Å². The van der Waals surface area contributed by atoms with Crippen LogP contribution in [0.3, 0.4) is 0 Å². The monoisotopic (exact) mass is 286 g/mol. The van der Waals surface area contributed by atoms with Crippen LogP contribution in [0.25, 0.3) is 10.9 Å². The molecule has 0 saturated heterocycles. The topological polar surface area (TPSA) is 59.9 Å². The Balaban J connectivity index is 2.08. The molecule has 3 aromatic rings. The number of benzene rings is 1. The van der Waals surface area contributed by atoms with Gasteiger partial charge in [0.05, 0.1) is 12.6 Å². The number of anilines is 2. The molecule has 20 heavy (non-hydrogen) atoms. The molecule has 3 rings (SSSR count). The van der Waals surface area contributed by atoms with Crippen molar-refractivity contribution in [3.8, 4) is 5.75 Å². The molecule has 0 atom stereocenters. The van der Waals surface area contributed by atoms with Gasteiger partial charge in [0, 0.05) is 17.3 Å². The van der Waals surface area contributed by atoms with Crippen molar-refractivity contribution < 1.29 is 4.74 Å². The summed E-state index contributed by atoms with van der Waals surface area (Å²) in [6.07, 6.45) is 3.14. The van der Waals surface area contributed by atoms with Gasteiger partial charge in [0.1, 0.15) is 6.33 Å². The van der Waals surface area contributed by atoms with Crippen LogP contribution in [0, 0.1) is 0 Å². The quantitative estimate of drug-likeness (QED) is 0.748. The number of hydrogen-bond acceptors (Lipinski definition) is 5. The van der Waals surface area contributed by atoms with E-state index in [4.69, 9.17) is 16.3 Å². The van der Waals surface area contributed by atoms with E-state index < -0.39 is 0 Å². The molecule has 0 radical (unpaired) electrons. The highest BCUT2D eigenvalue weighted by atomic mass is 35.5. The molecule has 0 amide bonds. The van der Waals surface area contributed by atoms with Gasteiger partial charge in [-0.05, 0) is 24.3 Å². The van der Waals surface area contributed by atoms with E-state index in [0.29, 0.717) is 11.6 Å². The van der Waals surface area contributed by atoms with Gasteiger partial charge in [-0.1, -0.05) is 17.7 Å². The molecule has 0 fully saturated rings. The number of rotatable bonds is 3. The van der Waals surface area contributed by atoms with E-state index in [2.05, 4.69) is 20.3 Å². The second-order valence-corrected chi connectivity index (χ2v) is 4.41. The second-order valence-electron chi connectivity index (χ2n) is 4.05. The molecule has 0 aliphatic heterocycles. The lowest BCUT2D eigenvalue weighted by molar-refractivity contribution is 0.413. The van der Waals surface area contributed by atoms with Crippen molar-refractivity contribution in [2.75, 3.05) is 12.4 Å². The molecule has 5 nitrogen and oxygen atoms in total. The predicted octanol–water partition coefficient (Wildman–Crippen LogP) is 3.43. The maximum atomic E-state index is 5.99. The fourth-order valence-corrected chi connectivity index (χ4v) is 2.17. The van der Waals surface area contributed by atoms with Crippen molar-refractivity contribution in [2.45, 2.75) is 0 Å². The molecule has 0 spiro atoms. The Labute approximate surface area is 120 Å². The first-order valence-corrected chi connectivity index (χ1v) is 6.32. The first-order chi connectivity index (χ1) is 9.79. The molecule has 0 aliphatic rings. The Morgan fingerprint density at radius 2 is 2.00 bits per heavy atom. The van der Waals surface area contributed by atoms with Crippen molar-refractivity contribution in [3.05, 3.63) is 48.0 Å². The molecule has 2 aromatic heterocycles. The van der Waals surface area contributed by atoms with Crippen LogP contribution in [0.4, 0.5) is 11.5 Å². The number of nitrogens with zero attached hydrogens (tertiary/aromatic N) is 3. The normalized spacial score (nSPS) is 10.5. The molecule has 1 N–H and O–H groups in total. The van der Waals surface area contributed by atoms with Gasteiger partial charge in [-0.15, -0.1) is 0 Å². The molecule has 100 valence electrons. The summed E-state index contributed by atoms with van der Waals surface area (Å²) in [5, 5.41) is 4.47. The van der Waals surface area contributed by atoms with E-state index in [9.17, 15) is 0 Å². The van der Waals surface area contributed by atoms with E-state index in [-0.39, 0.29) is 5.15 Å². The summed E-state index contributed by atoms with van der Waals surface area (Å²) in [4.78, 5) is 12.4. The summed E-state index contributed by atoms with van der Waals surface area (Å²) >= 11 is 5.99. The van der Waals surface area contributed by atoms with Gasteiger partial charge >= 0.3 is 0 Å². The number of nitrogens with one attached hydrogen (secondary N) is 1. The summed E-state index contributed by atoms with van der Waals surface area (Å²) < 4.78 is 5.23. The van der Waals surface area contributed by atoms with Gasteiger partial charge in [-0.25, -0.2) is 9.97 Å². The third kappa shape index (κ3) is 2.23. The molecular formula is C14H11ClN4O. The van der Waals surface area contributed by atoms with Crippen molar-refractivity contribution in [3.63, 3.8) is 0 Å². The van der Waals surface area contributed by atoms with Gasteiger partial charge < -0.3 is 10.1 Å². The SMILES string of the molecule is COc1c(Cl)ncnc1Nc1cccc2ncccc12. The molecule has 1 aromatic carbocycles. The standard InChI is InChI=1S/C14H11ClN4O/c1-20-12-13(15)17-8-18-14(12)19-11-6-2-5-10-9(11)4-3-7-16-10/h2-8H,1H3,(H,17,18,19). The molecule has 0 saturated carbocycles. The van der Waals surface area contributed by atoms with E-state index in [1.54, 1.807) is 6.20 Å². The predicted molar refractivity (Wildman–Crippen MR) is 78.6 cm³/mol. The molecule has 6 heteroatoms. The number of fused-ring (bicyclic) bond motifs is 1. The number of aromatic nitrogens is 3. The first kappa shape index (κ1) is 12.6. The van der Waals surface area contributed by atoms with Gasteiger partial charge in [-0.2, -0.15) is 0 Å². The Bertz CT molecular complexity index is 758. The lowest BCUT2D eigenvalue weighted by Gasteiger charge is -2.12. The fourth-order valence-electron chi connectivity index (χ4n) is 1.96. The number of methoxy groups -OCH3 is 1. The Morgan fingerprint density at radius 3 is 2.85 bits per heavy atom. The van der Waals surface area contributed by atoms with Crippen molar-refractivity contribution >= 4 is 34.0 Å². The van der Waals surface area contributed by atoms with Crippen molar-refractivity contribution in [1.82, 2.24) is 15.0 Å². The van der Waals surface area contributed by atoms with Crippen LogP contribution in [-0.2, 0) is 0 Å². The average molecular weight is 287 g/mol. The smallest absolute Gasteiger partial charge is 0.199 e. The summed E-state index contributed by atoms with van der Waals surface area (Å²) in [7, 11) is 1.53. The van der Waals surface area contributed by atoms with Gasteiger partial charge in [-0.3, -0.25) is 4.98 Å². The number of hydrogen-bond donors (Lipinski definition) is 1. The van der Waals surface area contributed by atoms with Crippen LogP contribution in [0.1, 0.15) is 0 Å². The fraction of sp³-hybridized carbons (Fsp3) is 0.0714.